The lowest BCUT2D eigenvalue weighted by atomic mass is 9.85. The first kappa shape index (κ1) is 58.8. The van der Waals surface area contributed by atoms with Crippen LogP contribution in [0.3, 0.4) is 0 Å². The molecular formula is C50H84N10O10. The Morgan fingerprint density at radius 1 is 0.643 bits per heavy atom. The molecule has 70 heavy (non-hydrogen) atoms. The number of ketones is 1. The molecule has 10 amide bonds. The van der Waals surface area contributed by atoms with E-state index in [1.807, 2.05) is 55.4 Å². The standard InChI is InChI=1S/C25H43N5O5.C25H41N5O5/c2*1-9-11-15(18(31)21(33)27-12-10-2)28-20(32)17-16-14(25(16,6)7)13-30(17)22(34)19(24(3,4)5)29-23(35)26-8/h10,14-19,31H,2,9,11-13H2,1,3-8H3,(H,27,33)(H,28,32)(H2,26,29,35);10,14-17,19H,2,9,11-13H2,1,3-8H3,(H,27,33)(H,28,32)(H2,26,29,35)/t14-,15?,16-,17-,18?,19+;14-,15?,16-,17-,19+/m00/s1. The summed E-state index contributed by atoms with van der Waals surface area (Å²) >= 11 is 0. The second-order valence-corrected chi connectivity index (χ2v) is 22.4. The predicted octanol–water partition coefficient (Wildman–Crippen LogP) is 1.73. The molecule has 2 saturated heterocycles. The first-order chi connectivity index (χ1) is 32.4. The predicted molar refractivity (Wildman–Crippen MR) is 265 cm³/mol. The number of carbonyl (C=O) groups excluding carboxylic acids is 9. The first-order valence-electron chi connectivity index (χ1n) is 24.6. The number of piperidine rings is 2. The lowest BCUT2D eigenvalue weighted by Crippen LogP contribution is -2.61. The zero-order valence-corrected chi connectivity index (χ0v) is 44.1. The number of Topliss-reactive ketones (excluding diaryl/α,β-unsaturated/α-hetero) is 1. The van der Waals surface area contributed by atoms with Crippen molar-refractivity contribution in [3.8, 4) is 0 Å². The third-order valence-corrected chi connectivity index (χ3v) is 14.6. The van der Waals surface area contributed by atoms with E-state index >= 15 is 0 Å². The van der Waals surface area contributed by atoms with Gasteiger partial charge in [-0.05, 0) is 58.2 Å². The Kier molecular flexibility index (Phi) is 19.8. The van der Waals surface area contributed by atoms with Crippen LogP contribution in [0.5, 0.6) is 0 Å². The molecule has 20 nitrogen and oxygen atoms in total. The molecule has 0 aromatic carbocycles. The molecular weight excluding hydrogens is 901 g/mol. The Morgan fingerprint density at radius 2 is 1.04 bits per heavy atom. The van der Waals surface area contributed by atoms with E-state index in [0.29, 0.717) is 38.8 Å². The molecule has 0 bridgehead atoms. The highest BCUT2D eigenvalue weighted by atomic mass is 16.3. The molecule has 4 fully saturated rings. The molecule has 20 heteroatoms. The van der Waals surface area contributed by atoms with Crippen LogP contribution in [0, 0.1) is 45.3 Å². The van der Waals surface area contributed by atoms with Gasteiger partial charge >= 0.3 is 12.1 Å². The van der Waals surface area contributed by atoms with Crippen LogP contribution in [0.2, 0.25) is 0 Å². The quantitative estimate of drug-likeness (QED) is 0.0630. The normalized spacial score (nSPS) is 24.4. The van der Waals surface area contributed by atoms with Crippen molar-refractivity contribution in [3.63, 3.8) is 0 Å². The average Bonchev–Trinajstić information content (AvgIpc) is 3.73. The fourth-order valence-electron chi connectivity index (χ4n) is 10.2. The van der Waals surface area contributed by atoms with Gasteiger partial charge in [0.05, 0.1) is 12.1 Å². The van der Waals surface area contributed by atoms with E-state index in [0.717, 1.165) is 0 Å². The number of nitrogens with zero attached hydrogens (tertiary/aromatic N) is 2. The number of urea groups is 2. The Bertz CT molecular complexity index is 1990. The van der Waals surface area contributed by atoms with Crippen molar-refractivity contribution in [1.29, 1.82) is 0 Å². The summed E-state index contributed by atoms with van der Waals surface area (Å²) in [5.74, 6) is -3.41. The van der Waals surface area contributed by atoms with Crippen LogP contribution in [0.25, 0.3) is 0 Å². The number of carbonyl (C=O) groups is 9. The Labute approximate surface area is 414 Å². The fourth-order valence-corrected chi connectivity index (χ4v) is 10.2. The van der Waals surface area contributed by atoms with Gasteiger partial charge in [0.15, 0.2) is 6.10 Å². The second-order valence-electron chi connectivity index (χ2n) is 22.4. The highest BCUT2D eigenvalue weighted by molar-refractivity contribution is 6.38. The molecule has 4 rings (SSSR count). The lowest BCUT2D eigenvalue weighted by Gasteiger charge is -2.38. The van der Waals surface area contributed by atoms with Crippen molar-refractivity contribution in [2.75, 3.05) is 40.3 Å². The van der Waals surface area contributed by atoms with E-state index in [1.54, 1.807) is 4.90 Å². The van der Waals surface area contributed by atoms with E-state index in [-0.39, 0.29) is 59.4 Å². The van der Waals surface area contributed by atoms with Gasteiger partial charge in [0.2, 0.25) is 29.4 Å². The number of likely N-dealkylation sites (tertiary alicyclic amines) is 2. The van der Waals surface area contributed by atoms with Crippen LogP contribution in [-0.2, 0) is 33.6 Å². The molecule has 2 aliphatic heterocycles. The summed E-state index contributed by atoms with van der Waals surface area (Å²) in [5, 5.41) is 31.6. The van der Waals surface area contributed by atoms with E-state index in [9.17, 15) is 48.3 Å². The van der Waals surface area contributed by atoms with Gasteiger partial charge in [-0.2, -0.15) is 0 Å². The smallest absolute Gasteiger partial charge is 0.315 e. The summed E-state index contributed by atoms with van der Waals surface area (Å²) in [6.07, 6.45) is 3.47. The number of hydrogen-bond acceptors (Lipinski definition) is 10. The highest BCUT2D eigenvalue weighted by Crippen LogP contribution is 2.66. The molecule has 2 heterocycles. The summed E-state index contributed by atoms with van der Waals surface area (Å²) in [6.45, 7) is 31.4. The molecule has 0 radical (unpaired) electrons. The van der Waals surface area contributed by atoms with E-state index < -0.39 is 94.7 Å². The summed E-state index contributed by atoms with van der Waals surface area (Å²) in [7, 11) is 2.95. The van der Waals surface area contributed by atoms with E-state index in [4.69, 9.17) is 0 Å². The van der Waals surface area contributed by atoms with E-state index in [2.05, 4.69) is 83.4 Å². The molecule has 394 valence electrons. The van der Waals surface area contributed by atoms with Crippen molar-refractivity contribution in [3.05, 3.63) is 25.3 Å². The molecule has 3 unspecified atom stereocenters. The zero-order valence-electron chi connectivity index (χ0n) is 44.1. The van der Waals surface area contributed by atoms with Crippen LogP contribution in [-0.4, -0.2) is 151 Å². The summed E-state index contributed by atoms with van der Waals surface area (Å²) in [4.78, 5) is 119. The van der Waals surface area contributed by atoms with Crippen LogP contribution >= 0.6 is 0 Å². The van der Waals surface area contributed by atoms with Gasteiger partial charge < -0.3 is 57.4 Å². The monoisotopic (exact) mass is 985 g/mol. The SMILES string of the molecule is C=CCNC(=O)C(=O)C(CCC)NC(=O)[C@@H]1[C@@H]2[C@H](CN1C(=O)[C@@H](NC(=O)NC)C(C)(C)C)C2(C)C.C=CCNC(=O)C(O)C(CCC)NC(=O)[C@@H]1[C@@H]2[C@H](CN1C(=O)[C@@H](NC(=O)NC)C(C)(C)C)C2(C)C. The Hall–Kier alpha value is -5.53. The Balaban J connectivity index is 0.000000370. The Morgan fingerprint density at radius 3 is 1.41 bits per heavy atom. The number of fused-ring (bicyclic) bond motifs is 2. The topological polar surface area (TPSA) is 277 Å². The summed E-state index contributed by atoms with van der Waals surface area (Å²) in [6, 6.07) is -5.96. The third-order valence-electron chi connectivity index (χ3n) is 14.6. The summed E-state index contributed by atoms with van der Waals surface area (Å²) in [5.41, 5.74) is -1.42. The molecule has 0 aromatic heterocycles. The van der Waals surface area contributed by atoms with Crippen LogP contribution < -0.4 is 42.5 Å². The van der Waals surface area contributed by atoms with Gasteiger partial charge in [-0.1, -0.05) is 108 Å². The largest absolute Gasteiger partial charge is 0.381 e. The molecule has 0 aromatic rings. The molecule has 4 aliphatic rings. The fraction of sp³-hybridized carbons (Fsp3) is 0.740. The number of nitrogens with one attached hydrogen (secondary N) is 8. The minimum atomic E-state index is -1.43. The minimum absolute atomic E-state index is 0.0407. The van der Waals surface area contributed by atoms with Crippen molar-refractivity contribution >= 4 is 53.3 Å². The number of rotatable bonds is 20. The first-order valence-corrected chi connectivity index (χ1v) is 24.6. The lowest BCUT2D eigenvalue weighted by molar-refractivity contribution is -0.145. The maximum Gasteiger partial charge on any atom is 0.315 e. The molecule has 11 atom stereocenters. The van der Waals surface area contributed by atoms with Gasteiger partial charge in [0.1, 0.15) is 24.2 Å². The van der Waals surface area contributed by atoms with Gasteiger partial charge in [-0.25, -0.2) is 9.59 Å². The second kappa shape index (κ2) is 23.6. The van der Waals surface area contributed by atoms with Crippen molar-refractivity contribution in [1.82, 2.24) is 52.3 Å². The number of aliphatic hydroxyl groups is 1. The minimum Gasteiger partial charge on any atom is -0.381 e. The van der Waals surface area contributed by atoms with Crippen LogP contribution in [0.1, 0.15) is 109 Å². The molecule has 2 saturated carbocycles. The molecule has 0 spiro atoms. The van der Waals surface area contributed by atoms with Crippen LogP contribution in [0.15, 0.2) is 25.3 Å². The summed E-state index contributed by atoms with van der Waals surface area (Å²) < 4.78 is 0. The number of hydrogen-bond donors (Lipinski definition) is 9. The number of amides is 10. The van der Waals surface area contributed by atoms with Crippen LogP contribution in [0.4, 0.5) is 9.59 Å². The molecule has 2 aliphatic carbocycles. The highest BCUT2D eigenvalue weighted by Gasteiger charge is 2.71. The maximum absolute atomic E-state index is 13.7. The van der Waals surface area contributed by atoms with Crippen molar-refractivity contribution in [2.45, 2.75) is 151 Å². The van der Waals surface area contributed by atoms with Gasteiger partial charge in [0, 0.05) is 40.3 Å². The van der Waals surface area contributed by atoms with Gasteiger partial charge in [-0.3, -0.25) is 33.6 Å². The van der Waals surface area contributed by atoms with Crippen molar-refractivity contribution in [2.24, 2.45) is 45.3 Å². The average molecular weight is 985 g/mol. The van der Waals surface area contributed by atoms with Crippen molar-refractivity contribution < 1.29 is 48.3 Å². The van der Waals surface area contributed by atoms with Gasteiger partial charge in [0.25, 0.3) is 11.8 Å². The maximum atomic E-state index is 13.7. The zero-order chi connectivity index (χ0) is 53.4. The third kappa shape index (κ3) is 13.5. The van der Waals surface area contributed by atoms with Gasteiger partial charge in [-0.15, -0.1) is 13.2 Å². The van der Waals surface area contributed by atoms with E-state index in [1.165, 1.54) is 31.1 Å². The number of aliphatic hydroxyl groups excluding tert-OH is 1. The molecule has 9 N–H and O–H groups in total.